The van der Waals surface area contributed by atoms with Crippen molar-refractivity contribution >= 4 is 11.6 Å². The Hall–Kier alpha value is -2.64. The van der Waals surface area contributed by atoms with Crippen molar-refractivity contribution in [3.8, 4) is 0 Å². The molecule has 1 atom stereocenters. The van der Waals surface area contributed by atoms with E-state index in [2.05, 4.69) is 37.6 Å². The SMILES string of the molecule is CCNC(=NCc1nnc(C)n1C)NC1CCCN(c2ccc(F)cc2C)C1. The summed E-state index contributed by atoms with van der Waals surface area (Å²) in [5.74, 6) is 2.31. The number of hydrogen-bond donors (Lipinski definition) is 2. The molecule has 1 unspecified atom stereocenters. The van der Waals surface area contributed by atoms with Crippen molar-refractivity contribution in [1.29, 1.82) is 0 Å². The maximum absolute atomic E-state index is 13.4. The lowest BCUT2D eigenvalue weighted by molar-refractivity contribution is 0.467. The maximum Gasteiger partial charge on any atom is 0.191 e. The molecular weight excluding hydrogens is 357 g/mol. The van der Waals surface area contributed by atoms with Crippen molar-refractivity contribution in [3.05, 3.63) is 41.2 Å². The van der Waals surface area contributed by atoms with E-state index in [0.29, 0.717) is 6.54 Å². The van der Waals surface area contributed by atoms with Gasteiger partial charge in [0, 0.05) is 38.4 Å². The van der Waals surface area contributed by atoms with Gasteiger partial charge in [-0.3, -0.25) is 0 Å². The predicted octanol–water partition coefficient (Wildman–Crippen LogP) is 2.30. The number of halogens is 1. The topological polar surface area (TPSA) is 70.4 Å². The van der Waals surface area contributed by atoms with E-state index >= 15 is 0 Å². The number of benzene rings is 1. The zero-order valence-electron chi connectivity index (χ0n) is 17.2. The summed E-state index contributed by atoms with van der Waals surface area (Å²) in [6.07, 6.45) is 2.15. The standard InChI is InChI=1S/C20H30FN7/c1-5-22-20(23-12-19-26-25-15(3)27(19)4)24-17-7-6-10-28(13-17)18-9-8-16(21)11-14(18)2/h8-9,11,17H,5-7,10,12-13H2,1-4H3,(H2,22,23,24). The van der Waals surface area contributed by atoms with Crippen LogP contribution in [0.5, 0.6) is 0 Å². The molecule has 0 aliphatic carbocycles. The first-order valence-corrected chi connectivity index (χ1v) is 9.88. The Balaban J connectivity index is 1.67. The molecule has 2 N–H and O–H groups in total. The molecule has 0 radical (unpaired) electrons. The lowest BCUT2D eigenvalue weighted by Crippen LogP contribution is -2.51. The Morgan fingerprint density at radius 2 is 2.14 bits per heavy atom. The minimum absolute atomic E-state index is 0.187. The largest absolute Gasteiger partial charge is 0.369 e. The van der Waals surface area contributed by atoms with E-state index in [1.54, 1.807) is 6.07 Å². The number of hydrogen-bond acceptors (Lipinski definition) is 4. The third-order valence-corrected chi connectivity index (χ3v) is 5.17. The van der Waals surface area contributed by atoms with Gasteiger partial charge < -0.3 is 20.1 Å². The van der Waals surface area contributed by atoms with Gasteiger partial charge in [-0.05, 0) is 57.4 Å². The number of anilines is 1. The fourth-order valence-corrected chi connectivity index (χ4v) is 3.54. The first-order valence-electron chi connectivity index (χ1n) is 9.88. The van der Waals surface area contributed by atoms with Gasteiger partial charge in [0.1, 0.15) is 18.2 Å². The molecule has 1 aliphatic heterocycles. The lowest BCUT2D eigenvalue weighted by atomic mass is 10.0. The number of rotatable bonds is 5. The summed E-state index contributed by atoms with van der Waals surface area (Å²) in [5.41, 5.74) is 2.07. The van der Waals surface area contributed by atoms with Crippen LogP contribution in [0, 0.1) is 19.7 Å². The van der Waals surface area contributed by atoms with Crippen LogP contribution in [0.1, 0.15) is 37.0 Å². The summed E-state index contributed by atoms with van der Waals surface area (Å²) in [5, 5.41) is 15.1. The number of aryl methyl sites for hydroxylation is 2. The smallest absolute Gasteiger partial charge is 0.191 e. The Labute approximate surface area is 166 Å². The molecule has 2 heterocycles. The summed E-state index contributed by atoms with van der Waals surface area (Å²) in [6, 6.07) is 5.29. The Bertz CT molecular complexity index is 830. The molecule has 0 amide bonds. The van der Waals surface area contributed by atoms with Gasteiger partial charge in [-0.15, -0.1) is 10.2 Å². The summed E-state index contributed by atoms with van der Waals surface area (Å²) in [4.78, 5) is 7.01. The first-order chi connectivity index (χ1) is 13.5. The van der Waals surface area contributed by atoms with Crippen LogP contribution in [0.25, 0.3) is 0 Å². The average molecular weight is 388 g/mol. The molecule has 1 aromatic heterocycles. The van der Waals surface area contributed by atoms with Crippen LogP contribution >= 0.6 is 0 Å². The molecule has 2 aromatic rings. The molecule has 1 aliphatic rings. The van der Waals surface area contributed by atoms with E-state index < -0.39 is 0 Å². The fraction of sp³-hybridized carbons (Fsp3) is 0.550. The van der Waals surface area contributed by atoms with Crippen molar-refractivity contribution in [2.45, 2.75) is 46.2 Å². The highest BCUT2D eigenvalue weighted by Crippen LogP contribution is 2.24. The molecule has 152 valence electrons. The van der Waals surface area contributed by atoms with Crippen LogP contribution in [0.2, 0.25) is 0 Å². The number of aliphatic imine (C=N–C) groups is 1. The van der Waals surface area contributed by atoms with Crippen molar-refractivity contribution in [2.24, 2.45) is 12.0 Å². The highest BCUT2D eigenvalue weighted by atomic mass is 19.1. The van der Waals surface area contributed by atoms with Crippen molar-refractivity contribution in [1.82, 2.24) is 25.4 Å². The zero-order chi connectivity index (χ0) is 20.1. The van der Waals surface area contributed by atoms with Gasteiger partial charge >= 0.3 is 0 Å². The Morgan fingerprint density at radius 3 is 2.82 bits per heavy atom. The quantitative estimate of drug-likeness (QED) is 0.609. The predicted molar refractivity (Wildman–Crippen MR) is 110 cm³/mol. The van der Waals surface area contributed by atoms with Crippen LogP contribution < -0.4 is 15.5 Å². The summed E-state index contributed by atoms with van der Waals surface area (Å²) < 4.78 is 15.4. The highest BCUT2D eigenvalue weighted by molar-refractivity contribution is 5.80. The van der Waals surface area contributed by atoms with Crippen LogP contribution in [-0.4, -0.2) is 46.4 Å². The van der Waals surface area contributed by atoms with Gasteiger partial charge in [0.15, 0.2) is 11.8 Å². The molecule has 28 heavy (non-hydrogen) atoms. The Morgan fingerprint density at radius 1 is 1.32 bits per heavy atom. The average Bonchev–Trinajstić information content (AvgIpc) is 2.98. The number of nitrogens with one attached hydrogen (secondary N) is 2. The van der Waals surface area contributed by atoms with Crippen LogP contribution in [0.4, 0.5) is 10.1 Å². The van der Waals surface area contributed by atoms with E-state index in [0.717, 1.165) is 61.3 Å². The van der Waals surface area contributed by atoms with E-state index in [1.807, 2.05) is 31.5 Å². The van der Waals surface area contributed by atoms with Gasteiger partial charge in [-0.25, -0.2) is 9.38 Å². The fourth-order valence-electron chi connectivity index (χ4n) is 3.54. The molecule has 0 spiro atoms. The normalized spacial score (nSPS) is 17.7. The number of aromatic nitrogens is 3. The van der Waals surface area contributed by atoms with Gasteiger partial charge in [-0.1, -0.05) is 0 Å². The molecule has 1 aromatic carbocycles. The van der Waals surface area contributed by atoms with Crippen molar-refractivity contribution < 1.29 is 4.39 Å². The van der Waals surface area contributed by atoms with E-state index in [4.69, 9.17) is 0 Å². The zero-order valence-corrected chi connectivity index (χ0v) is 17.2. The molecule has 1 saturated heterocycles. The minimum Gasteiger partial charge on any atom is -0.369 e. The maximum atomic E-state index is 13.4. The van der Waals surface area contributed by atoms with Crippen LogP contribution in [-0.2, 0) is 13.6 Å². The molecule has 0 saturated carbocycles. The summed E-state index contributed by atoms with van der Waals surface area (Å²) in [7, 11) is 1.95. The van der Waals surface area contributed by atoms with Gasteiger partial charge in [0.05, 0.1) is 0 Å². The third-order valence-electron chi connectivity index (χ3n) is 5.17. The second-order valence-corrected chi connectivity index (χ2v) is 7.28. The second-order valence-electron chi connectivity index (χ2n) is 7.28. The number of piperidine rings is 1. The van der Waals surface area contributed by atoms with Crippen molar-refractivity contribution in [2.75, 3.05) is 24.5 Å². The summed E-state index contributed by atoms with van der Waals surface area (Å²) in [6.45, 7) is 9.05. The van der Waals surface area contributed by atoms with E-state index in [1.165, 1.54) is 6.07 Å². The molecule has 0 bridgehead atoms. The molecule has 8 heteroatoms. The lowest BCUT2D eigenvalue weighted by Gasteiger charge is -2.36. The van der Waals surface area contributed by atoms with Crippen LogP contribution in [0.3, 0.4) is 0 Å². The molecule has 3 rings (SSSR count). The van der Waals surface area contributed by atoms with Crippen molar-refractivity contribution in [3.63, 3.8) is 0 Å². The summed E-state index contributed by atoms with van der Waals surface area (Å²) >= 11 is 0. The number of nitrogens with zero attached hydrogens (tertiary/aromatic N) is 5. The second kappa shape index (κ2) is 9.03. The first kappa shape index (κ1) is 20.1. The minimum atomic E-state index is -0.187. The third kappa shape index (κ3) is 4.79. The van der Waals surface area contributed by atoms with Gasteiger partial charge in [-0.2, -0.15) is 0 Å². The Kier molecular flexibility index (Phi) is 6.49. The van der Waals surface area contributed by atoms with Gasteiger partial charge in [0.2, 0.25) is 0 Å². The monoisotopic (exact) mass is 387 g/mol. The number of guanidine groups is 1. The highest BCUT2D eigenvalue weighted by Gasteiger charge is 2.22. The van der Waals surface area contributed by atoms with Crippen LogP contribution in [0.15, 0.2) is 23.2 Å². The van der Waals surface area contributed by atoms with E-state index in [9.17, 15) is 4.39 Å². The molecule has 1 fully saturated rings. The van der Waals surface area contributed by atoms with E-state index in [-0.39, 0.29) is 11.9 Å². The molecular formula is C20H30FN7. The van der Waals surface area contributed by atoms with Gasteiger partial charge in [0.25, 0.3) is 0 Å². The molecule has 7 nitrogen and oxygen atoms in total.